The monoisotopic (exact) mass is 294 g/mol. The Morgan fingerprint density at radius 2 is 1.82 bits per heavy atom. The molecular weight excluding hydrogens is 276 g/mol. The lowest BCUT2D eigenvalue weighted by Crippen LogP contribution is -2.12. The summed E-state index contributed by atoms with van der Waals surface area (Å²) in [7, 11) is 0. The minimum Gasteiger partial charge on any atom is -0.480 e. The average molecular weight is 294 g/mol. The molecule has 0 aliphatic carbocycles. The summed E-state index contributed by atoms with van der Waals surface area (Å²) in [5, 5.41) is 9.21. The normalized spacial score (nSPS) is 11.0. The lowest BCUT2D eigenvalue weighted by atomic mass is 10.1. The molecule has 4 nitrogen and oxygen atoms in total. The van der Waals surface area contributed by atoms with E-state index in [2.05, 4.69) is 4.98 Å². The number of carbonyl (C=O) groups is 1. The highest BCUT2D eigenvalue weighted by Crippen LogP contribution is 2.22. The van der Waals surface area contributed by atoms with Gasteiger partial charge in [-0.1, -0.05) is 30.3 Å². The van der Waals surface area contributed by atoms with Gasteiger partial charge in [0.05, 0.1) is 11.0 Å². The topological polar surface area (TPSA) is 55.1 Å². The molecule has 0 fully saturated rings. The second kappa shape index (κ2) is 5.64. The number of aromatic nitrogens is 2. The molecule has 0 spiro atoms. The molecule has 1 heterocycles. The SMILES string of the molecule is Cc1cc2nc(Cc3ccccc3)n(CC(=O)O)c2cc1C. The number of benzene rings is 2. The molecule has 2 aromatic carbocycles. The first kappa shape index (κ1) is 14.3. The predicted octanol–water partition coefficient (Wildman–Crippen LogP) is 3.33. The first-order valence-electron chi connectivity index (χ1n) is 7.26. The molecule has 22 heavy (non-hydrogen) atoms. The average Bonchev–Trinajstić information content (AvgIpc) is 2.77. The van der Waals surface area contributed by atoms with E-state index in [9.17, 15) is 9.90 Å². The molecule has 4 heteroatoms. The number of hydrogen-bond donors (Lipinski definition) is 1. The molecule has 0 atom stereocenters. The van der Waals surface area contributed by atoms with Gasteiger partial charge in [0.25, 0.3) is 0 Å². The van der Waals surface area contributed by atoms with E-state index in [0.29, 0.717) is 6.42 Å². The van der Waals surface area contributed by atoms with Crippen LogP contribution in [0.2, 0.25) is 0 Å². The fraction of sp³-hybridized carbons (Fsp3) is 0.222. The van der Waals surface area contributed by atoms with E-state index in [4.69, 9.17) is 0 Å². The van der Waals surface area contributed by atoms with Crippen LogP contribution >= 0.6 is 0 Å². The van der Waals surface area contributed by atoms with E-state index in [1.807, 2.05) is 56.3 Å². The zero-order chi connectivity index (χ0) is 15.7. The van der Waals surface area contributed by atoms with E-state index < -0.39 is 5.97 Å². The number of aryl methyl sites for hydroxylation is 2. The van der Waals surface area contributed by atoms with Crippen molar-refractivity contribution in [3.8, 4) is 0 Å². The Balaban J connectivity index is 2.13. The second-order valence-electron chi connectivity index (χ2n) is 5.60. The molecule has 0 saturated carbocycles. The summed E-state index contributed by atoms with van der Waals surface area (Å²) in [6.07, 6.45) is 0.626. The highest BCUT2D eigenvalue weighted by Gasteiger charge is 2.14. The molecule has 0 bridgehead atoms. The summed E-state index contributed by atoms with van der Waals surface area (Å²) in [5.74, 6) is -0.0690. The zero-order valence-corrected chi connectivity index (χ0v) is 12.7. The van der Waals surface area contributed by atoms with Gasteiger partial charge in [-0.05, 0) is 42.7 Å². The maximum Gasteiger partial charge on any atom is 0.323 e. The lowest BCUT2D eigenvalue weighted by Gasteiger charge is -2.07. The number of carboxylic acids is 1. The van der Waals surface area contributed by atoms with Crippen LogP contribution < -0.4 is 0 Å². The van der Waals surface area contributed by atoms with Crippen LogP contribution in [0.25, 0.3) is 11.0 Å². The molecule has 0 unspecified atom stereocenters. The Hall–Kier alpha value is -2.62. The van der Waals surface area contributed by atoms with E-state index in [1.165, 1.54) is 5.56 Å². The van der Waals surface area contributed by atoms with Crippen molar-refractivity contribution >= 4 is 17.0 Å². The number of nitrogens with zero attached hydrogens (tertiary/aromatic N) is 2. The van der Waals surface area contributed by atoms with Crippen LogP contribution in [0, 0.1) is 13.8 Å². The first-order chi connectivity index (χ1) is 10.5. The van der Waals surface area contributed by atoms with Crippen LogP contribution in [0.5, 0.6) is 0 Å². The molecule has 0 amide bonds. The molecule has 112 valence electrons. The van der Waals surface area contributed by atoms with Crippen LogP contribution in [0.3, 0.4) is 0 Å². The van der Waals surface area contributed by atoms with Crippen molar-refractivity contribution in [3.05, 3.63) is 65.0 Å². The van der Waals surface area contributed by atoms with Gasteiger partial charge in [-0.25, -0.2) is 4.98 Å². The molecule has 0 aliphatic rings. The van der Waals surface area contributed by atoms with E-state index in [1.54, 1.807) is 4.57 Å². The van der Waals surface area contributed by atoms with Gasteiger partial charge in [0.15, 0.2) is 0 Å². The molecular formula is C18H18N2O2. The van der Waals surface area contributed by atoms with Gasteiger partial charge in [-0.3, -0.25) is 4.79 Å². The number of rotatable bonds is 4. The Morgan fingerprint density at radius 1 is 1.14 bits per heavy atom. The molecule has 0 saturated heterocycles. The Bertz CT molecular complexity index is 835. The maximum atomic E-state index is 11.2. The van der Waals surface area contributed by atoms with Gasteiger partial charge in [0.1, 0.15) is 12.4 Å². The number of imidazole rings is 1. The molecule has 1 aromatic heterocycles. The van der Waals surface area contributed by atoms with E-state index >= 15 is 0 Å². The molecule has 0 radical (unpaired) electrons. The third-order valence-corrected chi connectivity index (χ3v) is 3.94. The number of fused-ring (bicyclic) bond motifs is 1. The van der Waals surface area contributed by atoms with Gasteiger partial charge >= 0.3 is 5.97 Å². The van der Waals surface area contributed by atoms with Crippen molar-refractivity contribution in [3.63, 3.8) is 0 Å². The summed E-state index contributed by atoms with van der Waals surface area (Å²) in [6.45, 7) is 4.01. The summed E-state index contributed by atoms with van der Waals surface area (Å²) in [4.78, 5) is 15.9. The molecule has 0 aliphatic heterocycles. The minimum atomic E-state index is -0.855. The molecule has 3 aromatic rings. The zero-order valence-electron chi connectivity index (χ0n) is 12.7. The number of carboxylic acid groups (broad SMARTS) is 1. The molecule has 3 rings (SSSR count). The predicted molar refractivity (Wildman–Crippen MR) is 86.1 cm³/mol. The quantitative estimate of drug-likeness (QED) is 0.803. The Labute approximate surface area is 129 Å². The standard InChI is InChI=1S/C18H18N2O2/c1-12-8-15-16(9-13(12)2)20(11-18(21)22)17(19-15)10-14-6-4-3-5-7-14/h3-9H,10-11H2,1-2H3,(H,21,22). The van der Waals surface area contributed by atoms with Gasteiger partial charge in [0.2, 0.25) is 0 Å². The number of aliphatic carboxylic acids is 1. The fourth-order valence-electron chi connectivity index (χ4n) is 2.65. The summed E-state index contributed by atoms with van der Waals surface area (Å²) >= 11 is 0. The van der Waals surface area contributed by atoms with Gasteiger partial charge in [-0.15, -0.1) is 0 Å². The third-order valence-electron chi connectivity index (χ3n) is 3.94. The van der Waals surface area contributed by atoms with Crippen molar-refractivity contribution in [2.75, 3.05) is 0 Å². The van der Waals surface area contributed by atoms with Gasteiger partial charge in [-0.2, -0.15) is 0 Å². The van der Waals surface area contributed by atoms with Crippen LogP contribution in [0.15, 0.2) is 42.5 Å². The van der Waals surface area contributed by atoms with E-state index in [-0.39, 0.29) is 6.54 Å². The van der Waals surface area contributed by atoms with Crippen LogP contribution in [-0.4, -0.2) is 20.6 Å². The lowest BCUT2D eigenvalue weighted by molar-refractivity contribution is -0.137. The fourth-order valence-corrected chi connectivity index (χ4v) is 2.65. The summed E-state index contributed by atoms with van der Waals surface area (Å²) < 4.78 is 1.80. The van der Waals surface area contributed by atoms with Gasteiger partial charge < -0.3 is 9.67 Å². The van der Waals surface area contributed by atoms with Crippen molar-refractivity contribution in [1.82, 2.24) is 9.55 Å². The first-order valence-corrected chi connectivity index (χ1v) is 7.26. The van der Waals surface area contributed by atoms with Crippen LogP contribution in [-0.2, 0) is 17.8 Å². The molecule has 1 N–H and O–H groups in total. The Kier molecular flexibility index (Phi) is 3.67. The van der Waals surface area contributed by atoms with Crippen molar-refractivity contribution < 1.29 is 9.90 Å². The summed E-state index contributed by atoms with van der Waals surface area (Å²) in [6, 6.07) is 14.0. The van der Waals surface area contributed by atoms with Crippen molar-refractivity contribution in [2.45, 2.75) is 26.8 Å². The van der Waals surface area contributed by atoms with Gasteiger partial charge in [0, 0.05) is 6.42 Å². The third kappa shape index (κ3) is 2.72. The maximum absolute atomic E-state index is 11.2. The van der Waals surface area contributed by atoms with E-state index in [0.717, 1.165) is 28.0 Å². The van der Waals surface area contributed by atoms with Crippen molar-refractivity contribution in [1.29, 1.82) is 0 Å². The van der Waals surface area contributed by atoms with Crippen molar-refractivity contribution in [2.24, 2.45) is 0 Å². The summed E-state index contributed by atoms with van der Waals surface area (Å²) in [5.41, 5.74) is 5.17. The highest BCUT2D eigenvalue weighted by molar-refractivity contribution is 5.80. The highest BCUT2D eigenvalue weighted by atomic mass is 16.4. The second-order valence-corrected chi connectivity index (χ2v) is 5.60. The largest absolute Gasteiger partial charge is 0.480 e. The minimum absolute atomic E-state index is 0.0683. The van der Waals surface area contributed by atoms with Crippen LogP contribution in [0.4, 0.5) is 0 Å². The number of hydrogen-bond acceptors (Lipinski definition) is 2. The van der Waals surface area contributed by atoms with Crippen LogP contribution in [0.1, 0.15) is 22.5 Å². The Morgan fingerprint density at radius 3 is 2.50 bits per heavy atom. The smallest absolute Gasteiger partial charge is 0.323 e.